The number of hydrogen-bond acceptors (Lipinski definition) is 4. The highest BCUT2D eigenvalue weighted by molar-refractivity contribution is 7.91. The van der Waals surface area contributed by atoms with Gasteiger partial charge >= 0.3 is 0 Å². The molecule has 4 nitrogen and oxygen atoms in total. The van der Waals surface area contributed by atoms with Gasteiger partial charge in [0, 0.05) is 18.3 Å². The first-order chi connectivity index (χ1) is 6.37. The molecule has 0 aliphatic carbocycles. The van der Waals surface area contributed by atoms with Gasteiger partial charge in [-0.05, 0) is 20.3 Å². The lowest BCUT2D eigenvalue weighted by atomic mass is 10.1. The van der Waals surface area contributed by atoms with E-state index in [9.17, 15) is 8.42 Å². The summed E-state index contributed by atoms with van der Waals surface area (Å²) in [6.45, 7) is 5.77. The number of aliphatic hydroxyl groups is 1. The van der Waals surface area contributed by atoms with Crippen molar-refractivity contribution >= 4 is 9.84 Å². The van der Waals surface area contributed by atoms with E-state index in [1.165, 1.54) is 0 Å². The van der Waals surface area contributed by atoms with Crippen molar-refractivity contribution in [2.75, 3.05) is 18.1 Å². The summed E-state index contributed by atoms with van der Waals surface area (Å²) in [7, 11) is -2.87. The van der Waals surface area contributed by atoms with Gasteiger partial charge in [0.05, 0.1) is 11.9 Å². The maximum Gasteiger partial charge on any atom is 0.151 e. The monoisotopic (exact) mass is 223 g/mol. The second-order valence-corrected chi connectivity index (χ2v) is 6.15. The molecule has 0 aromatic rings. The van der Waals surface area contributed by atoms with Gasteiger partial charge in [-0.15, -0.1) is 0 Å². The molecule has 0 fully saturated rings. The standard InChI is InChI=1S/C9H21NO3S/c1-4-14(12,13)6-5-10-8(2)7-9(3)11/h8-11H,4-7H2,1-3H3. The first-order valence-electron chi connectivity index (χ1n) is 4.99. The molecule has 14 heavy (non-hydrogen) atoms. The highest BCUT2D eigenvalue weighted by Gasteiger charge is 2.09. The molecular formula is C9H21NO3S. The Kier molecular flexibility index (Phi) is 6.31. The topological polar surface area (TPSA) is 66.4 Å². The lowest BCUT2D eigenvalue weighted by molar-refractivity contribution is 0.171. The fourth-order valence-electron chi connectivity index (χ4n) is 1.20. The Hall–Kier alpha value is -0.130. The van der Waals surface area contributed by atoms with Crippen LogP contribution in [0.3, 0.4) is 0 Å². The van der Waals surface area contributed by atoms with Gasteiger partial charge in [-0.2, -0.15) is 0 Å². The third-order valence-electron chi connectivity index (χ3n) is 2.04. The van der Waals surface area contributed by atoms with E-state index in [-0.39, 0.29) is 23.7 Å². The number of hydrogen-bond donors (Lipinski definition) is 2. The smallest absolute Gasteiger partial charge is 0.151 e. The second kappa shape index (κ2) is 6.37. The van der Waals surface area contributed by atoms with Crippen molar-refractivity contribution in [2.24, 2.45) is 0 Å². The minimum atomic E-state index is -2.87. The van der Waals surface area contributed by atoms with Crippen molar-refractivity contribution in [3.8, 4) is 0 Å². The van der Waals surface area contributed by atoms with Crippen molar-refractivity contribution in [1.82, 2.24) is 5.32 Å². The van der Waals surface area contributed by atoms with Gasteiger partial charge in [0.1, 0.15) is 0 Å². The van der Waals surface area contributed by atoms with Crippen molar-refractivity contribution in [1.29, 1.82) is 0 Å². The molecule has 0 spiro atoms. The van der Waals surface area contributed by atoms with Crippen molar-refractivity contribution < 1.29 is 13.5 Å². The van der Waals surface area contributed by atoms with Gasteiger partial charge in [0.2, 0.25) is 0 Å². The van der Waals surface area contributed by atoms with E-state index in [2.05, 4.69) is 5.32 Å². The van der Waals surface area contributed by atoms with Gasteiger partial charge in [-0.1, -0.05) is 6.92 Å². The third kappa shape index (κ3) is 7.29. The van der Waals surface area contributed by atoms with Crippen LogP contribution in [0.15, 0.2) is 0 Å². The van der Waals surface area contributed by atoms with E-state index in [0.717, 1.165) is 0 Å². The maximum absolute atomic E-state index is 11.1. The molecule has 0 rings (SSSR count). The van der Waals surface area contributed by atoms with Crippen LogP contribution < -0.4 is 5.32 Å². The number of aliphatic hydroxyl groups excluding tert-OH is 1. The molecule has 0 saturated heterocycles. The summed E-state index contributed by atoms with van der Waals surface area (Å²) >= 11 is 0. The van der Waals surface area contributed by atoms with Crippen LogP contribution in [0.25, 0.3) is 0 Å². The third-order valence-corrected chi connectivity index (χ3v) is 3.75. The summed E-state index contributed by atoms with van der Waals surface area (Å²) < 4.78 is 22.2. The SMILES string of the molecule is CCS(=O)(=O)CCNC(C)CC(C)O. The molecule has 0 aliphatic heterocycles. The first-order valence-corrected chi connectivity index (χ1v) is 6.81. The molecule has 2 atom stereocenters. The normalized spacial score (nSPS) is 16.6. The molecule has 0 aliphatic rings. The van der Waals surface area contributed by atoms with Crippen molar-refractivity contribution in [3.05, 3.63) is 0 Å². The van der Waals surface area contributed by atoms with Crippen molar-refractivity contribution in [2.45, 2.75) is 39.3 Å². The fourth-order valence-corrected chi connectivity index (χ4v) is 1.92. The van der Waals surface area contributed by atoms with E-state index in [4.69, 9.17) is 5.11 Å². The summed E-state index contributed by atoms with van der Waals surface area (Å²) in [6, 6.07) is 0.155. The molecular weight excluding hydrogens is 202 g/mol. The first kappa shape index (κ1) is 13.9. The number of sulfone groups is 1. The van der Waals surface area contributed by atoms with Crippen molar-refractivity contribution in [3.63, 3.8) is 0 Å². The Morgan fingerprint density at radius 3 is 2.36 bits per heavy atom. The molecule has 2 N–H and O–H groups in total. The second-order valence-electron chi connectivity index (χ2n) is 3.68. The molecule has 86 valence electrons. The number of nitrogens with one attached hydrogen (secondary N) is 1. The Balaban J connectivity index is 3.64. The molecule has 2 unspecified atom stereocenters. The zero-order valence-corrected chi connectivity index (χ0v) is 9.97. The Bertz CT molecular complexity index is 236. The van der Waals surface area contributed by atoms with Crippen LogP contribution in [0.1, 0.15) is 27.2 Å². The van der Waals surface area contributed by atoms with E-state index in [1.807, 2.05) is 6.92 Å². The van der Waals surface area contributed by atoms with Crippen LogP contribution in [-0.2, 0) is 9.84 Å². The molecule has 0 bridgehead atoms. The fraction of sp³-hybridized carbons (Fsp3) is 1.00. The van der Waals surface area contributed by atoms with Crippen LogP contribution in [-0.4, -0.2) is 43.7 Å². The zero-order valence-electron chi connectivity index (χ0n) is 9.16. The van der Waals surface area contributed by atoms with Gasteiger partial charge in [0.15, 0.2) is 9.84 Å². The predicted molar refractivity (Wildman–Crippen MR) is 58.1 cm³/mol. The van der Waals surface area contributed by atoms with E-state index < -0.39 is 9.84 Å². The molecule has 0 saturated carbocycles. The average molecular weight is 223 g/mol. The highest BCUT2D eigenvalue weighted by Crippen LogP contribution is 1.96. The minimum absolute atomic E-state index is 0.155. The zero-order chi connectivity index (χ0) is 11.2. The van der Waals surface area contributed by atoms with Crippen LogP contribution in [0.5, 0.6) is 0 Å². The predicted octanol–water partition coefficient (Wildman–Crippen LogP) is 0.170. The Labute approximate surface area is 86.6 Å². The quantitative estimate of drug-likeness (QED) is 0.646. The van der Waals surface area contributed by atoms with Gasteiger partial charge < -0.3 is 10.4 Å². The Morgan fingerprint density at radius 2 is 1.93 bits per heavy atom. The molecule has 0 amide bonds. The molecule has 0 aromatic heterocycles. The summed E-state index contributed by atoms with van der Waals surface area (Å²) in [4.78, 5) is 0. The summed E-state index contributed by atoms with van der Waals surface area (Å²) in [5.74, 6) is 0.368. The highest BCUT2D eigenvalue weighted by atomic mass is 32.2. The van der Waals surface area contributed by atoms with Gasteiger partial charge in [0.25, 0.3) is 0 Å². The number of rotatable bonds is 7. The molecule has 5 heteroatoms. The van der Waals surface area contributed by atoms with Gasteiger partial charge in [-0.3, -0.25) is 0 Å². The maximum atomic E-state index is 11.1. The van der Waals surface area contributed by atoms with E-state index in [1.54, 1.807) is 13.8 Å². The minimum Gasteiger partial charge on any atom is -0.393 e. The van der Waals surface area contributed by atoms with Crippen LogP contribution in [0.4, 0.5) is 0 Å². The van der Waals surface area contributed by atoms with Crippen LogP contribution in [0, 0.1) is 0 Å². The molecule has 0 aromatic carbocycles. The van der Waals surface area contributed by atoms with E-state index >= 15 is 0 Å². The summed E-state index contributed by atoms with van der Waals surface area (Å²) in [5.41, 5.74) is 0. The largest absolute Gasteiger partial charge is 0.393 e. The Morgan fingerprint density at radius 1 is 1.36 bits per heavy atom. The average Bonchev–Trinajstić information content (AvgIpc) is 2.02. The molecule has 0 radical (unpaired) electrons. The lowest BCUT2D eigenvalue weighted by Gasteiger charge is -2.14. The van der Waals surface area contributed by atoms with Crippen LogP contribution in [0.2, 0.25) is 0 Å². The summed E-state index contributed by atoms with van der Waals surface area (Å²) in [6.07, 6.45) is 0.298. The molecule has 0 heterocycles. The van der Waals surface area contributed by atoms with Gasteiger partial charge in [-0.25, -0.2) is 8.42 Å². The van der Waals surface area contributed by atoms with Crippen LogP contribution >= 0.6 is 0 Å². The van der Waals surface area contributed by atoms with E-state index in [0.29, 0.717) is 13.0 Å². The lowest BCUT2D eigenvalue weighted by Crippen LogP contribution is -2.33. The summed E-state index contributed by atoms with van der Waals surface area (Å²) in [5, 5.41) is 12.1.